The van der Waals surface area contributed by atoms with Gasteiger partial charge in [-0.2, -0.15) is 0 Å². The Bertz CT molecular complexity index is 1540. The molecule has 0 heterocycles. The maximum Gasteiger partial charge on any atom is 0.264 e. The lowest BCUT2D eigenvalue weighted by Gasteiger charge is -2.33. The molecule has 0 saturated heterocycles. The van der Waals surface area contributed by atoms with Gasteiger partial charge in [-0.3, -0.25) is 13.9 Å². The molecule has 3 aromatic rings. The first-order valence-electron chi connectivity index (χ1n) is 15.2. The molecule has 12 heteroatoms. The lowest BCUT2D eigenvalue weighted by molar-refractivity contribution is -0.140. The van der Waals surface area contributed by atoms with Gasteiger partial charge in [-0.1, -0.05) is 32.9 Å². The van der Waals surface area contributed by atoms with E-state index in [0.29, 0.717) is 36.8 Å². The van der Waals surface area contributed by atoms with Gasteiger partial charge in [0.1, 0.15) is 24.1 Å². The van der Waals surface area contributed by atoms with Crippen LogP contribution in [0, 0.1) is 5.92 Å². The Hall–Kier alpha value is -4.45. The summed E-state index contributed by atoms with van der Waals surface area (Å²) in [6, 6.07) is 17.0. The van der Waals surface area contributed by atoms with Crippen LogP contribution >= 0.6 is 0 Å². The van der Waals surface area contributed by atoms with Gasteiger partial charge in [0, 0.05) is 19.2 Å². The van der Waals surface area contributed by atoms with Crippen molar-refractivity contribution < 1.29 is 37.0 Å². The number of hydrogen-bond donors (Lipinski definition) is 1. The van der Waals surface area contributed by atoms with Crippen molar-refractivity contribution in [1.29, 1.82) is 0 Å². The minimum absolute atomic E-state index is 0.0734. The highest BCUT2D eigenvalue weighted by molar-refractivity contribution is 7.92. The predicted octanol–water partition coefficient (Wildman–Crippen LogP) is 4.89. The van der Waals surface area contributed by atoms with Gasteiger partial charge in [-0.05, 0) is 73.4 Å². The van der Waals surface area contributed by atoms with E-state index >= 15 is 0 Å². The topological polar surface area (TPSA) is 124 Å². The number of benzene rings is 3. The maximum atomic E-state index is 14.3. The van der Waals surface area contributed by atoms with Gasteiger partial charge in [0.15, 0.2) is 11.5 Å². The quantitative estimate of drug-likeness (QED) is 0.218. The molecule has 1 N–H and O–H groups in total. The van der Waals surface area contributed by atoms with Crippen molar-refractivity contribution in [3.8, 4) is 23.0 Å². The van der Waals surface area contributed by atoms with Gasteiger partial charge >= 0.3 is 0 Å². The van der Waals surface area contributed by atoms with E-state index in [0.717, 1.165) is 9.87 Å². The number of amides is 2. The van der Waals surface area contributed by atoms with Crippen LogP contribution in [-0.4, -0.2) is 72.2 Å². The van der Waals surface area contributed by atoms with Crippen LogP contribution in [-0.2, 0) is 26.2 Å². The lowest BCUT2D eigenvalue weighted by atomic mass is 10.1. The SMILES string of the molecule is CCOc1ccc(N(CC(=O)N(Cc2ccc(OC)cc2)[C@@H](CC)C(=O)NCC(C)C)S(=O)(=O)c2ccc(OC)c(OC)c2)cc1. The van der Waals surface area contributed by atoms with Crippen LogP contribution in [0.25, 0.3) is 0 Å². The van der Waals surface area contributed by atoms with Crippen molar-refractivity contribution in [3.05, 3.63) is 72.3 Å². The summed E-state index contributed by atoms with van der Waals surface area (Å²) in [6.45, 7) is 8.00. The Labute approximate surface area is 272 Å². The molecule has 0 fully saturated rings. The predicted molar refractivity (Wildman–Crippen MR) is 177 cm³/mol. The van der Waals surface area contributed by atoms with Crippen molar-refractivity contribution in [2.75, 3.05) is 45.3 Å². The molecule has 0 unspecified atom stereocenters. The molecule has 0 spiro atoms. The molecular weight excluding hydrogens is 610 g/mol. The molecule has 11 nitrogen and oxygen atoms in total. The number of rotatable bonds is 17. The van der Waals surface area contributed by atoms with Crippen LogP contribution in [0.1, 0.15) is 39.7 Å². The third-order valence-corrected chi connectivity index (χ3v) is 9.01. The minimum Gasteiger partial charge on any atom is -0.497 e. The van der Waals surface area contributed by atoms with Gasteiger partial charge in [-0.15, -0.1) is 0 Å². The Balaban J connectivity index is 2.10. The number of methoxy groups -OCH3 is 3. The van der Waals surface area contributed by atoms with E-state index in [2.05, 4.69) is 5.32 Å². The van der Waals surface area contributed by atoms with Crippen molar-refractivity contribution in [2.45, 2.75) is 51.6 Å². The molecule has 250 valence electrons. The maximum absolute atomic E-state index is 14.3. The second-order valence-corrected chi connectivity index (χ2v) is 12.8. The second kappa shape index (κ2) is 16.7. The van der Waals surface area contributed by atoms with Crippen molar-refractivity contribution in [2.24, 2.45) is 5.92 Å². The number of ether oxygens (including phenoxy) is 4. The summed E-state index contributed by atoms with van der Waals surface area (Å²) in [5.74, 6) is 1.10. The number of carbonyl (C=O) groups excluding carboxylic acids is 2. The first kappa shape index (κ1) is 36.0. The van der Waals surface area contributed by atoms with Crippen LogP contribution in [0.4, 0.5) is 5.69 Å². The zero-order valence-electron chi connectivity index (χ0n) is 27.6. The van der Waals surface area contributed by atoms with Crippen molar-refractivity contribution >= 4 is 27.5 Å². The van der Waals surface area contributed by atoms with Gasteiger partial charge < -0.3 is 29.2 Å². The summed E-state index contributed by atoms with van der Waals surface area (Å²) in [5.41, 5.74) is 0.993. The lowest BCUT2D eigenvalue weighted by Crippen LogP contribution is -2.52. The smallest absolute Gasteiger partial charge is 0.264 e. The second-order valence-electron chi connectivity index (χ2n) is 10.9. The summed E-state index contributed by atoms with van der Waals surface area (Å²) >= 11 is 0. The molecule has 2 amide bonds. The zero-order chi connectivity index (χ0) is 33.9. The normalized spacial score (nSPS) is 11.8. The fourth-order valence-electron chi connectivity index (χ4n) is 4.78. The highest BCUT2D eigenvalue weighted by Gasteiger charge is 2.34. The molecule has 1 atom stereocenters. The van der Waals surface area contributed by atoms with Crippen LogP contribution in [0.2, 0.25) is 0 Å². The summed E-state index contributed by atoms with van der Waals surface area (Å²) in [4.78, 5) is 29.1. The molecule has 0 aromatic heterocycles. The third kappa shape index (κ3) is 9.06. The molecule has 0 saturated carbocycles. The largest absolute Gasteiger partial charge is 0.497 e. The molecule has 0 radical (unpaired) electrons. The number of carbonyl (C=O) groups is 2. The average Bonchev–Trinajstić information content (AvgIpc) is 3.06. The van der Waals surface area contributed by atoms with Gasteiger partial charge in [0.2, 0.25) is 11.8 Å². The fourth-order valence-corrected chi connectivity index (χ4v) is 6.21. The highest BCUT2D eigenvalue weighted by Crippen LogP contribution is 2.33. The van der Waals surface area contributed by atoms with Crippen LogP contribution in [0.3, 0.4) is 0 Å². The van der Waals surface area contributed by atoms with Crippen molar-refractivity contribution in [3.63, 3.8) is 0 Å². The van der Waals surface area contributed by atoms with Gasteiger partial charge in [-0.25, -0.2) is 8.42 Å². The molecular formula is C34H45N3O8S. The number of nitrogens with one attached hydrogen (secondary N) is 1. The highest BCUT2D eigenvalue weighted by atomic mass is 32.2. The van der Waals surface area contributed by atoms with Gasteiger partial charge in [0.05, 0.1) is 38.5 Å². The monoisotopic (exact) mass is 655 g/mol. The molecule has 0 aliphatic carbocycles. The molecule has 46 heavy (non-hydrogen) atoms. The van der Waals surface area contributed by atoms with E-state index in [-0.39, 0.29) is 34.7 Å². The molecule has 0 aliphatic heterocycles. The van der Waals surface area contributed by atoms with E-state index in [1.165, 1.54) is 37.3 Å². The number of hydrogen-bond acceptors (Lipinski definition) is 8. The minimum atomic E-state index is -4.33. The van der Waals surface area contributed by atoms with Crippen LogP contribution in [0.5, 0.6) is 23.0 Å². The number of anilines is 1. The van der Waals surface area contributed by atoms with Gasteiger partial charge in [0.25, 0.3) is 10.0 Å². The summed E-state index contributed by atoms with van der Waals surface area (Å²) in [5, 5.41) is 2.93. The summed E-state index contributed by atoms with van der Waals surface area (Å²) < 4.78 is 51.1. The molecule has 3 aromatic carbocycles. The van der Waals surface area contributed by atoms with Crippen LogP contribution in [0.15, 0.2) is 71.6 Å². The molecule has 0 aliphatic rings. The number of nitrogens with zero attached hydrogens (tertiary/aromatic N) is 2. The first-order valence-corrected chi connectivity index (χ1v) is 16.6. The standard InChI is InChI=1S/C34H45N3O8S/c1-8-30(34(39)35-21-24(3)4)36(22-25-10-14-27(42-5)15-11-25)33(38)23-37(26-12-16-28(17-13-26)45-9-2)46(40,41)29-18-19-31(43-6)32(20-29)44-7/h10-20,24,30H,8-9,21-23H2,1-7H3,(H,35,39)/t30-/m0/s1. The Kier molecular flexibility index (Phi) is 13.1. The summed E-state index contributed by atoms with van der Waals surface area (Å²) in [7, 11) is 0.0970. The Morgan fingerprint density at radius 1 is 0.826 bits per heavy atom. The van der Waals surface area contributed by atoms with E-state index in [1.807, 2.05) is 39.8 Å². The Morgan fingerprint density at radius 2 is 1.46 bits per heavy atom. The molecule has 3 rings (SSSR count). The fraction of sp³-hybridized carbons (Fsp3) is 0.412. The third-order valence-electron chi connectivity index (χ3n) is 7.24. The van der Waals surface area contributed by atoms with E-state index in [9.17, 15) is 18.0 Å². The summed E-state index contributed by atoms with van der Waals surface area (Å²) in [6.07, 6.45) is 0.317. The van der Waals surface area contributed by atoms with Crippen LogP contribution < -0.4 is 28.6 Å². The van der Waals surface area contributed by atoms with E-state index < -0.39 is 28.5 Å². The van der Waals surface area contributed by atoms with E-state index in [4.69, 9.17) is 18.9 Å². The zero-order valence-corrected chi connectivity index (χ0v) is 28.4. The number of sulfonamides is 1. The average molecular weight is 656 g/mol. The molecule has 0 bridgehead atoms. The Morgan fingerprint density at radius 3 is 2.00 bits per heavy atom. The van der Waals surface area contributed by atoms with Crippen molar-refractivity contribution in [1.82, 2.24) is 10.2 Å². The first-order chi connectivity index (χ1) is 22.0. The van der Waals surface area contributed by atoms with E-state index in [1.54, 1.807) is 43.5 Å².